The Labute approximate surface area is 89.1 Å². The maximum absolute atomic E-state index is 5.44. The Hall–Kier alpha value is -0.520. The van der Waals surface area contributed by atoms with E-state index in [0.29, 0.717) is 12.0 Å². The van der Waals surface area contributed by atoms with Gasteiger partial charge in [0.2, 0.25) is 0 Å². The van der Waals surface area contributed by atoms with E-state index in [1.807, 2.05) is 0 Å². The quantitative estimate of drug-likeness (QED) is 0.649. The number of hydrogen-bond acceptors (Lipinski definition) is 2. The molecule has 2 atom stereocenters. The molecule has 0 rings (SSSR count). The molecule has 0 amide bonds. The average Bonchev–Trinajstić information content (AvgIpc) is 2.11. The molecule has 0 aromatic carbocycles. The summed E-state index contributed by atoms with van der Waals surface area (Å²) in [6.07, 6.45) is 6.43. The molecular formula is C12H24N2. The lowest BCUT2D eigenvalue weighted by molar-refractivity contribution is 0.279. The summed E-state index contributed by atoms with van der Waals surface area (Å²) in [6, 6.07) is 0.688. The van der Waals surface area contributed by atoms with Gasteiger partial charge in [-0.05, 0) is 26.4 Å². The first-order valence-electron chi connectivity index (χ1n) is 5.38. The first kappa shape index (κ1) is 13.5. The van der Waals surface area contributed by atoms with Crippen LogP contribution in [0.15, 0.2) is 0 Å². The van der Waals surface area contributed by atoms with Crippen molar-refractivity contribution in [3.8, 4) is 12.3 Å². The predicted octanol–water partition coefficient (Wildman–Crippen LogP) is 1.57. The van der Waals surface area contributed by atoms with Crippen molar-refractivity contribution in [3.05, 3.63) is 0 Å². The van der Waals surface area contributed by atoms with Gasteiger partial charge in [-0.25, -0.2) is 0 Å². The molecule has 0 saturated carbocycles. The van der Waals surface area contributed by atoms with Crippen LogP contribution in [0.25, 0.3) is 0 Å². The first-order valence-corrected chi connectivity index (χ1v) is 5.38. The van der Waals surface area contributed by atoms with E-state index in [9.17, 15) is 0 Å². The summed E-state index contributed by atoms with van der Waals surface area (Å²) < 4.78 is 0. The van der Waals surface area contributed by atoms with Crippen LogP contribution in [0.5, 0.6) is 0 Å². The summed E-state index contributed by atoms with van der Waals surface area (Å²) in [7, 11) is 4.18. The molecule has 2 nitrogen and oxygen atoms in total. The van der Waals surface area contributed by atoms with E-state index in [-0.39, 0.29) is 6.04 Å². The molecule has 14 heavy (non-hydrogen) atoms. The van der Waals surface area contributed by atoms with E-state index >= 15 is 0 Å². The van der Waals surface area contributed by atoms with Gasteiger partial charge in [0.15, 0.2) is 0 Å². The normalized spacial score (nSPS) is 15.6. The third-order valence-corrected chi connectivity index (χ3v) is 2.39. The monoisotopic (exact) mass is 196 g/mol. The Kier molecular flexibility index (Phi) is 6.61. The van der Waals surface area contributed by atoms with Gasteiger partial charge in [0.1, 0.15) is 0 Å². The molecule has 2 unspecified atom stereocenters. The second-order valence-electron chi connectivity index (χ2n) is 4.41. The van der Waals surface area contributed by atoms with Crippen LogP contribution >= 0.6 is 0 Å². The molecule has 1 N–H and O–H groups in total. The molecule has 0 aliphatic rings. The molecule has 0 aromatic rings. The van der Waals surface area contributed by atoms with Crippen molar-refractivity contribution in [1.82, 2.24) is 10.2 Å². The lowest BCUT2D eigenvalue weighted by Crippen LogP contribution is -2.46. The molecule has 0 aliphatic heterocycles. The van der Waals surface area contributed by atoms with Crippen LogP contribution in [0.3, 0.4) is 0 Å². The number of rotatable bonds is 6. The molecule has 0 bridgehead atoms. The van der Waals surface area contributed by atoms with E-state index in [4.69, 9.17) is 6.42 Å². The Morgan fingerprint density at radius 2 is 1.93 bits per heavy atom. The summed E-state index contributed by atoms with van der Waals surface area (Å²) >= 11 is 0. The molecular weight excluding hydrogens is 172 g/mol. The van der Waals surface area contributed by atoms with Gasteiger partial charge in [0.05, 0.1) is 6.04 Å². The number of nitrogens with zero attached hydrogens (tertiary/aromatic N) is 1. The number of terminal acetylenes is 1. The second kappa shape index (κ2) is 6.86. The first-order chi connectivity index (χ1) is 6.51. The summed E-state index contributed by atoms with van der Waals surface area (Å²) in [5, 5.41) is 3.51. The zero-order chi connectivity index (χ0) is 11.1. The van der Waals surface area contributed by atoms with Crippen molar-refractivity contribution < 1.29 is 0 Å². The molecule has 0 heterocycles. The van der Waals surface area contributed by atoms with Gasteiger partial charge in [-0.3, -0.25) is 5.32 Å². The molecule has 0 fully saturated rings. The average molecular weight is 196 g/mol. The van der Waals surface area contributed by atoms with Crippen molar-refractivity contribution >= 4 is 0 Å². The minimum atomic E-state index is 0.211. The third kappa shape index (κ3) is 5.26. The topological polar surface area (TPSA) is 15.3 Å². The molecule has 82 valence electrons. The summed E-state index contributed by atoms with van der Waals surface area (Å²) in [4.78, 5) is 2.20. The lowest BCUT2D eigenvalue weighted by atomic mass is 10.0. The zero-order valence-electron chi connectivity index (χ0n) is 10.2. The van der Waals surface area contributed by atoms with Gasteiger partial charge in [-0.2, -0.15) is 0 Å². The lowest BCUT2D eigenvalue weighted by Gasteiger charge is -2.28. The fraction of sp³-hybridized carbons (Fsp3) is 0.833. The van der Waals surface area contributed by atoms with Crippen molar-refractivity contribution in [1.29, 1.82) is 0 Å². The molecule has 0 aliphatic carbocycles. The summed E-state index contributed by atoms with van der Waals surface area (Å²) in [6.45, 7) is 7.61. The number of nitrogens with one attached hydrogen (secondary N) is 1. The van der Waals surface area contributed by atoms with Crippen molar-refractivity contribution in [3.63, 3.8) is 0 Å². The molecule has 0 aromatic heterocycles. The molecule has 0 spiro atoms. The van der Waals surface area contributed by atoms with Crippen LogP contribution in [0, 0.1) is 18.3 Å². The van der Waals surface area contributed by atoms with E-state index in [1.54, 1.807) is 0 Å². The van der Waals surface area contributed by atoms with E-state index in [2.05, 4.69) is 51.0 Å². The summed E-state index contributed by atoms with van der Waals surface area (Å²) in [5.41, 5.74) is 0. The van der Waals surface area contributed by atoms with Crippen molar-refractivity contribution in [2.24, 2.45) is 5.92 Å². The van der Waals surface area contributed by atoms with Crippen LogP contribution in [0.4, 0.5) is 0 Å². The molecule has 0 saturated heterocycles. The smallest absolute Gasteiger partial charge is 0.0686 e. The maximum Gasteiger partial charge on any atom is 0.0686 e. The van der Waals surface area contributed by atoms with Gasteiger partial charge in [0, 0.05) is 12.6 Å². The fourth-order valence-electron chi connectivity index (χ4n) is 1.39. The van der Waals surface area contributed by atoms with Crippen molar-refractivity contribution in [2.45, 2.75) is 39.3 Å². The maximum atomic E-state index is 5.44. The van der Waals surface area contributed by atoms with E-state index in [1.165, 1.54) is 0 Å². The fourth-order valence-corrected chi connectivity index (χ4v) is 1.39. The highest BCUT2D eigenvalue weighted by Crippen LogP contribution is 2.04. The van der Waals surface area contributed by atoms with Crippen LogP contribution in [0.2, 0.25) is 0 Å². The van der Waals surface area contributed by atoms with Gasteiger partial charge >= 0.3 is 0 Å². The van der Waals surface area contributed by atoms with Gasteiger partial charge in [0.25, 0.3) is 0 Å². The molecule has 2 heteroatoms. The minimum Gasteiger partial charge on any atom is -0.308 e. The predicted molar refractivity (Wildman–Crippen MR) is 63.2 cm³/mol. The van der Waals surface area contributed by atoms with E-state index < -0.39 is 0 Å². The zero-order valence-corrected chi connectivity index (χ0v) is 10.2. The highest BCUT2D eigenvalue weighted by Gasteiger charge is 2.16. The number of likely N-dealkylation sites (N-methyl/N-ethyl adjacent to an activating group) is 1. The van der Waals surface area contributed by atoms with Crippen molar-refractivity contribution in [2.75, 3.05) is 20.6 Å². The van der Waals surface area contributed by atoms with Gasteiger partial charge < -0.3 is 4.90 Å². The standard InChI is InChI=1S/C12H24N2/c1-7-11(8-2)13-12(10(3)4)9-14(5)6/h1,10-13H,8-9H2,2-6H3. The van der Waals surface area contributed by atoms with Crippen LogP contribution in [-0.2, 0) is 0 Å². The van der Waals surface area contributed by atoms with Crippen LogP contribution in [-0.4, -0.2) is 37.6 Å². The highest BCUT2D eigenvalue weighted by atomic mass is 15.1. The van der Waals surface area contributed by atoms with Gasteiger partial charge in [-0.15, -0.1) is 6.42 Å². The molecule has 0 radical (unpaired) electrons. The third-order valence-electron chi connectivity index (χ3n) is 2.39. The van der Waals surface area contributed by atoms with Crippen LogP contribution in [0.1, 0.15) is 27.2 Å². The highest BCUT2D eigenvalue weighted by molar-refractivity contribution is 4.99. The SMILES string of the molecule is C#CC(CC)NC(CN(C)C)C(C)C. The Morgan fingerprint density at radius 1 is 1.36 bits per heavy atom. The van der Waals surface area contributed by atoms with Gasteiger partial charge in [-0.1, -0.05) is 26.7 Å². The minimum absolute atomic E-state index is 0.211. The Morgan fingerprint density at radius 3 is 2.21 bits per heavy atom. The second-order valence-corrected chi connectivity index (χ2v) is 4.41. The van der Waals surface area contributed by atoms with Crippen LogP contribution < -0.4 is 5.32 Å². The number of hydrogen-bond donors (Lipinski definition) is 1. The summed E-state index contributed by atoms with van der Waals surface area (Å²) in [5.74, 6) is 3.39. The van der Waals surface area contributed by atoms with E-state index in [0.717, 1.165) is 13.0 Å². The Balaban J connectivity index is 4.16. The Bertz CT molecular complexity index is 179. The largest absolute Gasteiger partial charge is 0.308 e.